The number of nitrogens with zero attached hydrogens (tertiary/aromatic N) is 1. The topological polar surface area (TPSA) is 52.6 Å². The maximum atomic E-state index is 12.5. The molecule has 2 N–H and O–H groups in total. The molecule has 1 saturated carbocycles. The van der Waals surface area contributed by atoms with E-state index in [1.54, 1.807) is 23.1 Å². The number of nitrogens with one attached hydrogen (secondary N) is 1. The summed E-state index contributed by atoms with van der Waals surface area (Å²) in [5, 5.41) is 13.6. The van der Waals surface area contributed by atoms with Gasteiger partial charge in [-0.25, -0.2) is 4.79 Å². The molecule has 2 amide bonds. The minimum Gasteiger partial charge on any atom is -0.391 e. The molecule has 0 unspecified atom stereocenters. The van der Waals surface area contributed by atoms with Gasteiger partial charge in [0.25, 0.3) is 0 Å². The number of rotatable bonds is 4. The van der Waals surface area contributed by atoms with Crippen LogP contribution in [0.3, 0.4) is 0 Å². The molecule has 116 valence electrons. The van der Waals surface area contributed by atoms with E-state index < -0.39 is 6.10 Å². The maximum Gasteiger partial charge on any atom is 0.322 e. The molecule has 0 aromatic heterocycles. The van der Waals surface area contributed by atoms with Crippen molar-refractivity contribution in [1.29, 1.82) is 0 Å². The van der Waals surface area contributed by atoms with E-state index in [9.17, 15) is 9.90 Å². The number of aliphatic hydroxyl groups is 1. The number of halogens is 1. The van der Waals surface area contributed by atoms with Crippen LogP contribution in [0.2, 0.25) is 5.02 Å². The van der Waals surface area contributed by atoms with Crippen LogP contribution >= 0.6 is 11.6 Å². The second kappa shape index (κ2) is 7.66. The molecule has 21 heavy (non-hydrogen) atoms. The molecule has 0 saturated heterocycles. The summed E-state index contributed by atoms with van der Waals surface area (Å²) in [5.41, 5.74) is 0.680. The van der Waals surface area contributed by atoms with Crippen LogP contribution in [0.15, 0.2) is 24.3 Å². The zero-order valence-corrected chi connectivity index (χ0v) is 13.1. The van der Waals surface area contributed by atoms with E-state index in [1.165, 1.54) is 0 Å². The SMILES string of the molecule is CCCN(C(=O)Nc1cccc(Cl)c1)[C@@H]1CCCC[C@@H]1O. The Morgan fingerprint density at radius 3 is 2.86 bits per heavy atom. The van der Waals surface area contributed by atoms with Crippen molar-refractivity contribution in [2.24, 2.45) is 0 Å². The van der Waals surface area contributed by atoms with E-state index in [-0.39, 0.29) is 12.1 Å². The van der Waals surface area contributed by atoms with E-state index in [0.717, 1.165) is 32.1 Å². The Labute approximate surface area is 131 Å². The van der Waals surface area contributed by atoms with E-state index in [2.05, 4.69) is 5.32 Å². The van der Waals surface area contributed by atoms with E-state index >= 15 is 0 Å². The first-order chi connectivity index (χ1) is 10.1. The molecular weight excluding hydrogens is 288 g/mol. The molecular formula is C16H23ClN2O2. The van der Waals surface area contributed by atoms with Gasteiger partial charge in [0.15, 0.2) is 0 Å². The Morgan fingerprint density at radius 2 is 2.19 bits per heavy atom. The number of carbonyl (C=O) groups is 1. The molecule has 4 nitrogen and oxygen atoms in total. The molecule has 5 heteroatoms. The quantitative estimate of drug-likeness (QED) is 0.886. The third-order valence-electron chi connectivity index (χ3n) is 3.90. The van der Waals surface area contributed by atoms with Crippen LogP contribution in [-0.2, 0) is 0 Å². The fourth-order valence-electron chi connectivity index (χ4n) is 2.88. The highest BCUT2D eigenvalue weighted by Crippen LogP contribution is 2.24. The normalized spacial score (nSPS) is 21.9. The van der Waals surface area contributed by atoms with Crippen LogP contribution < -0.4 is 5.32 Å². The van der Waals surface area contributed by atoms with Gasteiger partial charge in [-0.2, -0.15) is 0 Å². The lowest BCUT2D eigenvalue weighted by Gasteiger charge is -2.37. The molecule has 1 aliphatic rings. The maximum absolute atomic E-state index is 12.5. The van der Waals surface area contributed by atoms with Gasteiger partial charge in [-0.1, -0.05) is 37.4 Å². The number of amides is 2. The Hall–Kier alpha value is -1.26. The number of urea groups is 1. The van der Waals surface area contributed by atoms with Crippen LogP contribution in [0.1, 0.15) is 39.0 Å². The number of hydrogen-bond donors (Lipinski definition) is 2. The number of anilines is 1. The first kappa shape index (κ1) is 16.1. The summed E-state index contributed by atoms with van der Waals surface area (Å²) < 4.78 is 0. The van der Waals surface area contributed by atoms with Gasteiger partial charge in [-0.3, -0.25) is 0 Å². The Morgan fingerprint density at radius 1 is 1.43 bits per heavy atom. The van der Waals surface area contributed by atoms with Crippen molar-refractivity contribution in [3.8, 4) is 0 Å². The summed E-state index contributed by atoms with van der Waals surface area (Å²) in [6.07, 6.45) is 4.18. The van der Waals surface area contributed by atoms with E-state index in [4.69, 9.17) is 11.6 Å². The van der Waals surface area contributed by atoms with Crippen molar-refractivity contribution in [3.05, 3.63) is 29.3 Å². The highest BCUT2D eigenvalue weighted by molar-refractivity contribution is 6.30. The fraction of sp³-hybridized carbons (Fsp3) is 0.562. The van der Waals surface area contributed by atoms with Crippen LogP contribution in [0, 0.1) is 0 Å². The van der Waals surface area contributed by atoms with Crippen LogP contribution in [0.25, 0.3) is 0 Å². The van der Waals surface area contributed by atoms with Crippen molar-refractivity contribution in [2.45, 2.75) is 51.2 Å². The second-order valence-electron chi connectivity index (χ2n) is 5.55. The first-order valence-electron chi connectivity index (χ1n) is 7.63. The number of aliphatic hydroxyl groups excluding tert-OH is 1. The van der Waals surface area contributed by atoms with Gasteiger partial charge in [-0.15, -0.1) is 0 Å². The Bertz CT molecular complexity index is 481. The van der Waals surface area contributed by atoms with E-state index in [1.807, 2.05) is 13.0 Å². The molecule has 2 rings (SSSR count). The summed E-state index contributed by atoms with van der Waals surface area (Å²) in [4.78, 5) is 14.3. The number of benzene rings is 1. The molecule has 2 atom stereocenters. The highest BCUT2D eigenvalue weighted by atomic mass is 35.5. The Kier molecular flexibility index (Phi) is 5.88. The molecule has 1 fully saturated rings. The van der Waals surface area contributed by atoms with Crippen LogP contribution in [-0.4, -0.2) is 34.7 Å². The predicted molar refractivity (Wildman–Crippen MR) is 85.7 cm³/mol. The lowest BCUT2D eigenvalue weighted by atomic mass is 9.91. The Balaban J connectivity index is 2.07. The molecule has 1 aromatic rings. The summed E-state index contributed by atoms with van der Waals surface area (Å²) in [5.74, 6) is 0. The monoisotopic (exact) mass is 310 g/mol. The van der Waals surface area contributed by atoms with E-state index in [0.29, 0.717) is 17.3 Å². The number of hydrogen-bond acceptors (Lipinski definition) is 2. The molecule has 0 spiro atoms. The lowest BCUT2D eigenvalue weighted by Crippen LogP contribution is -2.50. The third-order valence-corrected chi connectivity index (χ3v) is 4.13. The zero-order valence-electron chi connectivity index (χ0n) is 12.4. The van der Waals surface area contributed by atoms with Crippen molar-refractivity contribution >= 4 is 23.3 Å². The van der Waals surface area contributed by atoms with Crippen molar-refractivity contribution in [3.63, 3.8) is 0 Å². The molecule has 0 aliphatic heterocycles. The smallest absolute Gasteiger partial charge is 0.322 e. The molecule has 0 heterocycles. The van der Waals surface area contributed by atoms with Crippen LogP contribution in [0.5, 0.6) is 0 Å². The molecule has 0 bridgehead atoms. The molecule has 1 aliphatic carbocycles. The number of carbonyl (C=O) groups excluding carboxylic acids is 1. The minimum atomic E-state index is -0.421. The average Bonchev–Trinajstić information content (AvgIpc) is 2.45. The first-order valence-corrected chi connectivity index (χ1v) is 8.01. The summed E-state index contributed by atoms with van der Waals surface area (Å²) in [7, 11) is 0. The van der Waals surface area contributed by atoms with Gasteiger partial charge in [-0.05, 0) is 37.5 Å². The van der Waals surface area contributed by atoms with Gasteiger partial charge in [0.05, 0.1) is 12.1 Å². The van der Waals surface area contributed by atoms with Gasteiger partial charge < -0.3 is 15.3 Å². The van der Waals surface area contributed by atoms with Crippen LogP contribution in [0.4, 0.5) is 10.5 Å². The minimum absolute atomic E-state index is 0.0853. The van der Waals surface area contributed by atoms with Crippen molar-refractivity contribution in [1.82, 2.24) is 4.90 Å². The molecule has 0 radical (unpaired) electrons. The summed E-state index contributed by atoms with van der Waals surface area (Å²) in [6.45, 7) is 2.68. The zero-order chi connectivity index (χ0) is 15.2. The van der Waals surface area contributed by atoms with Gasteiger partial charge in [0.2, 0.25) is 0 Å². The van der Waals surface area contributed by atoms with Gasteiger partial charge in [0, 0.05) is 17.3 Å². The molecule has 1 aromatic carbocycles. The lowest BCUT2D eigenvalue weighted by molar-refractivity contribution is 0.0397. The summed E-state index contributed by atoms with van der Waals surface area (Å²) >= 11 is 5.94. The third kappa shape index (κ3) is 4.35. The van der Waals surface area contributed by atoms with Gasteiger partial charge in [0.1, 0.15) is 0 Å². The van der Waals surface area contributed by atoms with Crippen molar-refractivity contribution in [2.75, 3.05) is 11.9 Å². The van der Waals surface area contributed by atoms with Gasteiger partial charge >= 0.3 is 6.03 Å². The second-order valence-corrected chi connectivity index (χ2v) is 5.99. The average molecular weight is 311 g/mol. The summed E-state index contributed by atoms with van der Waals surface area (Å²) in [6, 6.07) is 6.86. The fourth-order valence-corrected chi connectivity index (χ4v) is 3.07. The standard InChI is InChI=1S/C16H23ClN2O2/c1-2-10-19(14-8-3-4-9-15(14)20)16(21)18-13-7-5-6-12(17)11-13/h5-7,11,14-15,20H,2-4,8-10H2,1H3,(H,18,21)/t14-,15+/m1/s1. The highest BCUT2D eigenvalue weighted by Gasteiger charge is 2.31. The van der Waals surface area contributed by atoms with Crippen molar-refractivity contribution < 1.29 is 9.90 Å². The largest absolute Gasteiger partial charge is 0.391 e. The predicted octanol–water partition coefficient (Wildman–Crippen LogP) is 3.89.